The number of amidine groups is 1. The molecule has 1 aromatic carbocycles. The first-order valence-electron chi connectivity index (χ1n) is 6.46. The molecule has 1 unspecified atom stereocenters. The van der Waals surface area contributed by atoms with Crippen molar-refractivity contribution in [2.45, 2.75) is 13.0 Å². The highest BCUT2D eigenvalue weighted by Crippen LogP contribution is 2.27. The third kappa shape index (κ3) is 2.94. The predicted octanol–water partition coefficient (Wildman–Crippen LogP) is 2.51. The highest BCUT2D eigenvalue weighted by Gasteiger charge is 2.20. The molecule has 3 N–H and O–H groups in total. The van der Waals surface area contributed by atoms with Crippen LogP contribution < -0.4 is 10.6 Å². The Morgan fingerprint density at radius 3 is 2.71 bits per heavy atom. The van der Waals surface area contributed by atoms with Gasteiger partial charge in [-0.25, -0.2) is 9.37 Å². The lowest BCUT2D eigenvalue weighted by Gasteiger charge is -2.28. The average Bonchev–Trinajstić information content (AvgIpc) is 2.53. The van der Waals surface area contributed by atoms with Crippen LogP contribution in [-0.4, -0.2) is 23.1 Å². The fourth-order valence-electron chi connectivity index (χ4n) is 2.14. The summed E-state index contributed by atoms with van der Waals surface area (Å²) in [5.41, 5.74) is 6.70. The molecule has 21 heavy (non-hydrogen) atoms. The fraction of sp³-hybridized carbons (Fsp3) is 0.200. The summed E-state index contributed by atoms with van der Waals surface area (Å²) < 4.78 is 13.9. The van der Waals surface area contributed by atoms with Crippen LogP contribution >= 0.6 is 0 Å². The Labute approximate surface area is 122 Å². The van der Waals surface area contributed by atoms with Gasteiger partial charge >= 0.3 is 0 Å². The Kier molecular flexibility index (Phi) is 4.37. The highest BCUT2D eigenvalue weighted by atomic mass is 19.1. The van der Waals surface area contributed by atoms with Gasteiger partial charge in [-0.05, 0) is 25.1 Å². The summed E-state index contributed by atoms with van der Waals surface area (Å²) in [5.74, 6) is 0.201. The maximum Gasteiger partial charge on any atom is 0.173 e. The van der Waals surface area contributed by atoms with Crippen molar-refractivity contribution in [1.82, 2.24) is 4.98 Å². The summed E-state index contributed by atoms with van der Waals surface area (Å²) in [4.78, 5) is 6.04. The van der Waals surface area contributed by atoms with Crippen LogP contribution in [0.5, 0.6) is 0 Å². The van der Waals surface area contributed by atoms with E-state index < -0.39 is 0 Å². The van der Waals surface area contributed by atoms with Gasteiger partial charge in [-0.15, -0.1) is 0 Å². The molecule has 1 aromatic heterocycles. The molecule has 1 atom stereocenters. The number of benzene rings is 1. The summed E-state index contributed by atoms with van der Waals surface area (Å²) >= 11 is 0. The van der Waals surface area contributed by atoms with E-state index in [4.69, 9.17) is 10.9 Å². The van der Waals surface area contributed by atoms with Gasteiger partial charge in [-0.3, -0.25) is 0 Å². The van der Waals surface area contributed by atoms with Crippen LogP contribution in [0.15, 0.2) is 47.8 Å². The first kappa shape index (κ1) is 14.8. The van der Waals surface area contributed by atoms with Crippen LogP contribution in [0.25, 0.3) is 0 Å². The quantitative estimate of drug-likeness (QED) is 0.392. The van der Waals surface area contributed by atoms with Crippen molar-refractivity contribution in [1.29, 1.82) is 0 Å². The number of hydrogen-bond acceptors (Lipinski definition) is 4. The molecule has 0 aliphatic heterocycles. The van der Waals surface area contributed by atoms with E-state index in [9.17, 15) is 4.39 Å². The Morgan fingerprint density at radius 2 is 2.05 bits per heavy atom. The van der Waals surface area contributed by atoms with Gasteiger partial charge in [-0.2, -0.15) is 0 Å². The molecule has 2 aromatic rings. The van der Waals surface area contributed by atoms with E-state index in [1.807, 2.05) is 6.92 Å². The fourth-order valence-corrected chi connectivity index (χ4v) is 2.14. The Morgan fingerprint density at radius 1 is 1.33 bits per heavy atom. The molecule has 0 bridgehead atoms. The topological polar surface area (TPSA) is 74.7 Å². The minimum absolute atomic E-state index is 0.0364. The van der Waals surface area contributed by atoms with Crippen molar-refractivity contribution in [2.75, 3.05) is 11.9 Å². The van der Waals surface area contributed by atoms with E-state index >= 15 is 0 Å². The Bertz CT molecular complexity index is 660. The Hall–Kier alpha value is -2.63. The lowest BCUT2D eigenvalue weighted by Crippen LogP contribution is -2.27. The van der Waals surface area contributed by atoms with Crippen LogP contribution in [-0.2, 0) is 0 Å². The van der Waals surface area contributed by atoms with E-state index in [1.165, 1.54) is 6.07 Å². The minimum Gasteiger partial charge on any atom is -0.409 e. The second-order valence-electron chi connectivity index (χ2n) is 4.67. The van der Waals surface area contributed by atoms with Gasteiger partial charge < -0.3 is 15.8 Å². The molecule has 0 aliphatic rings. The molecule has 6 heteroatoms. The molecule has 5 nitrogen and oxygen atoms in total. The van der Waals surface area contributed by atoms with Gasteiger partial charge in [0.2, 0.25) is 0 Å². The maximum atomic E-state index is 13.9. The number of nitrogens with two attached hydrogens (primary N) is 1. The summed E-state index contributed by atoms with van der Waals surface area (Å²) in [6.07, 6.45) is 1.61. The van der Waals surface area contributed by atoms with E-state index in [0.29, 0.717) is 16.9 Å². The Balaban J connectivity index is 2.41. The molecule has 0 fully saturated rings. The standard InChI is InChI=1S/C15H17FN4O/c1-10(11-6-3-4-8-13(11)16)20(2)15-12(14(17)19-21)7-5-9-18-15/h3-10,21H,1-2H3,(H2,17,19). The van der Waals surface area contributed by atoms with Crippen molar-refractivity contribution in [2.24, 2.45) is 10.9 Å². The van der Waals surface area contributed by atoms with E-state index in [2.05, 4.69) is 10.1 Å². The number of nitrogens with zero attached hydrogens (tertiary/aromatic N) is 3. The van der Waals surface area contributed by atoms with Crippen molar-refractivity contribution < 1.29 is 9.60 Å². The molecule has 2 rings (SSSR count). The first-order valence-corrected chi connectivity index (χ1v) is 6.46. The zero-order chi connectivity index (χ0) is 15.4. The van der Waals surface area contributed by atoms with Crippen molar-refractivity contribution >= 4 is 11.7 Å². The summed E-state index contributed by atoms with van der Waals surface area (Å²) in [6, 6.07) is 9.71. The van der Waals surface area contributed by atoms with E-state index in [1.54, 1.807) is 48.5 Å². The molecule has 0 spiro atoms. The number of halogens is 1. The highest BCUT2D eigenvalue weighted by molar-refractivity contribution is 6.01. The van der Waals surface area contributed by atoms with Crippen molar-refractivity contribution in [3.8, 4) is 0 Å². The number of hydrogen-bond donors (Lipinski definition) is 2. The normalized spacial score (nSPS) is 13.0. The molecular formula is C15H17FN4O. The van der Waals surface area contributed by atoms with Crippen LogP contribution in [0.4, 0.5) is 10.2 Å². The average molecular weight is 288 g/mol. The largest absolute Gasteiger partial charge is 0.409 e. The molecule has 0 saturated carbocycles. The van der Waals surface area contributed by atoms with Gasteiger partial charge in [0.25, 0.3) is 0 Å². The predicted molar refractivity (Wildman–Crippen MR) is 80.0 cm³/mol. The first-order chi connectivity index (χ1) is 10.1. The smallest absolute Gasteiger partial charge is 0.173 e. The van der Waals surface area contributed by atoms with Gasteiger partial charge in [0, 0.05) is 18.8 Å². The summed E-state index contributed by atoms with van der Waals surface area (Å²) in [5, 5.41) is 11.9. The third-order valence-corrected chi connectivity index (χ3v) is 3.44. The van der Waals surface area contributed by atoms with Crippen LogP contribution in [0.3, 0.4) is 0 Å². The van der Waals surface area contributed by atoms with Gasteiger partial charge in [0.15, 0.2) is 5.84 Å². The molecule has 0 aliphatic carbocycles. The molecule has 1 heterocycles. The molecule has 0 amide bonds. The van der Waals surface area contributed by atoms with Crippen LogP contribution in [0.2, 0.25) is 0 Å². The molecule has 0 radical (unpaired) electrons. The lowest BCUT2D eigenvalue weighted by molar-refractivity contribution is 0.318. The number of pyridine rings is 1. The van der Waals surface area contributed by atoms with Gasteiger partial charge in [0.1, 0.15) is 11.6 Å². The number of anilines is 1. The van der Waals surface area contributed by atoms with Crippen molar-refractivity contribution in [3.05, 3.63) is 59.5 Å². The van der Waals surface area contributed by atoms with Crippen LogP contribution in [0, 0.1) is 5.82 Å². The molecule has 110 valence electrons. The van der Waals surface area contributed by atoms with Gasteiger partial charge in [0.05, 0.1) is 11.6 Å². The SMILES string of the molecule is CC(c1ccccc1F)N(C)c1ncccc1C(N)=NO. The second kappa shape index (κ2) is 6.21. The van der Waals surface area contributed by atoms with Gasteiger partial charge in [-0.1, -0.05) is 23.4 Å². The van der Waals surface area contributed by atoms with Crippen LogP contribution in [0.1, 0.15) is 24.1 Å². The second-order valence-corrected chi connectivity index (χ2v) is 4.67. The van der Waals surface area contributed by atoms with E-state index in [0.717, 1.165) is 0 Å². The third-order valence-electron chi connectivity index (χ3n) is 3.44. The monoisotopic (exact) mass is 288 g/mol. The number of aromatic nitrogens is 1. The maximum absolute atomic E-state index is 13.9. The van der Waals surface area contributed by atoms with Crippen molar-refractivity contribution in [3.63, 3.8) is 0 Å². The minimum atomic E-state index is -0.280. The lowest BCUT2D eigenvalue weighted by atomic mass is 10.1. The summed E-state index contributed by atoms with van der Waals surface area (Å²) in [7, 11) is 1.79. The number of oxime groups is 1. The molecule has 0 saturated heterocycles. The zero-order valence-electron chi connectivity index (χ0n) is 11.9. The summed E-state index contributed by atoms with van der Waals surface area (Å²) in [6.45, 7) is 1.86. The zero-order valence-corrected chi connectivity index (χ0v) is 11.9. The molecular weight excluding hydrogens is 271 g/mol. The number of rotatable bonds is 4. The van der Waals surface area contributed by atoms with E-state index in [-0.39, 0.29) is 17.7 Å².